The fourth-order valence-corrected chi connectivity index (χ4v) is 2.07. The van der Waals surface area contributed by atoms with Gasteiger partial charge in [0.05, 0.1) is 5.56 Å². The van der Waals surface area contributed by atoms with Crippen LogP contribution in [-0.4, -0.2) is 16.1 Å². The Morgan fingerprint density at radius 3 is 2.60 bits per heavy atom. The van der Waals surface area contributed by atoms with Gasteiger partial charge in [0, 0.05) is 5.56 Å². The average Bonchev–Trinajstić information content (AvgIpc) is 2.90. The summed E-state index contributed by atoms with van der Waals surface area (Å²) < 4.78 is 5.70. The van der Waals surface area contributed by atoms with Crippen molar-refractivity contribution in [2.75, 3.05) is 0 Å². The number of hydrogen-bond acceptors (Lipinski definition) is 3. The first kappa shape index (κ1) is 12.4. The quantitative estimate of drug-likeness (QED) is 0.784. The van der Waals surface area contributed by atoms with Gasteiger partial charge in [-0.25, -0.2) is 9.78 Å². The highest BCUT2D eigenvalue weighted by Crippen LogP contribution is 2.25. The van der Waals surface area contributed by atoms with Crippen LogP contribution in [0.3, 0.4) is 0 Å². The summed E-state index contributed by atoms with van der Waals surface area (Å²) in [6.07, 6.45) is 0.950. The number of benzene rings is 2. The summed E-state index contributed by atoms with van der Waals surface area (Å²) in [5.74, 6) is -0.438. The van der Waals surface area contributed by atoms with Gasteiger partial charge in [0.15, 0.2) is 5.58 Å². The third-order valence-corrected chi connectivity index (χ3v) is 3.24. The Kier molecular flexibility index (Phi) is 2.99. The molecular formula is C16H13NO3. The predicted octanol–water partition coefficient (Wildman–Crippen LogP) is 3.76. The van der Waals surface area contributed by atoms with E-state index in [4.69, 9.17) is 9.52 Å². The van der Waals surface area contributed by atoms with Crippen molar-refractivity contribution in [3.8, 4) is 11.5 Å². The number of carboxylic acid groups (broad SMARTS) is 1. The van der Waals surface area contributed by atoms with Crippen molar-refractivity contribution < 1.29 is 14.3 Å². The second-order valence-electron chi connectivity index (χ2n) is 4.56. The Balaban J connectivity index is 2.03. The van der Waals surface area contributed by atoms with E-state index in [0.717, 1.165) is 23.1 Å². The molecule has 0 unspecified atom stereocenters. The van der Waals surface area contributed by atoms with Gasteiger partial charge < -0.3 is 9.52 Å². The molecule has 0 aliphatic carbocycles. The van der Waals surface area contributed by atoms with Crippen LogP contribution in [0.4, 0.5) is 0 Å². The van der Waals surface area contributed by atoms with E-state index in [9.17, 15) is 4.79 Å². The Morgan fingerprint density at radius 2 is 1.95 bits per heavy atom. The highest BCUT2D eigenvalue weighted by molar-refractivity contribution is 5.88. The fourth-order valence-electron chi connectivity index (χ4n) is 2.07. The monoisotopic (exact) mass is 267 g/mol. The highest BCUT2D eigenvalue weighted by Gasteiger charge is 2.09. The molecule has 0 spiro atoms. The number of rotatable bonds is 3. The molecule has 0 fully saturated rings. The molecule has 0 bridgehead atoms. The molecule has 0 atom stereocenters. The van der Waals surface area contributed by atoms with E-state index in [-0.39, 0.29) is 5.56 Å². The van der Waals surface area contributed by atoms with E-state index in [1.807, 2.05) is 18.2 Å². The van der Waals surface area contributed by atoms with Crippen LogP contribution in [0.5, 0.6) is 0 Å². The number of aryl methyl sites for hydroxylation is 1. The molecule has 2 aromatic carbocycles. The van der Waals surface area contributed by atoms with Crippen molar-refractivity contribution in [3.63, 3.8) is 0 Å². The summed E-state index contributed by atoms with van der Waals surface area (Å²) in [5.41, 5.74) is 3.78. The van der Waals surface area contributed by atoms with E-state index < -0.39 is 5.97 Å². The lowest BCUT2D eigenvalue weighted by Crippen LogP contribution is -1.94. The zero-order valence-electron chi connectivity index (χ0n) is 11.0. The second-order valence-corrected chi connectivity index (χ2v) is 4.56. The first-order chi connectivity index (χ1) is 9.67. The van der Waals surface area contributed by atoms with E-state index in [2.05, 4.69) is 11.9 Å². The van der Waals surface area contributed by atoms with Crippen molar-refractivity contribution in [1.82, 2.24) is 4.98 Å². The molecule has 0 aliphatic heterocycles. The summed E-state index contributed by atoms with van der Waals surface area (Å²) in [6, 6.07) is 12.4. The van der Waals surface area contributed by atoms with Gasteiger partial charge in [0.1, 0.15) is 5.52 Å². The minimum absolute atomic E-state index is 0.248. The van der Waals surface area contributed by atoms with Gasteiger partial charge in [-0.2, -0.15) is 0 Å². The largest absolute Gasteiger partial charge is 0.478 e. The molecule has 3 rings (SSSR count). The summed E-state index contributed by atoms with van der Waals surface area (Å²) >= 11 is 0. The van der Waals surface area contributed by atoms with Crippen LogP contribution in [0, 0.1) is 0 Å². The van der Waals surface area contributed by atoms with Gasteiger partial charge >= 0.3 is 5.97 Å². The van der Waals surface area contributed by atoms with E-state index in [1.165, 1.54) is 5.56 Å². The minimum Gasteiger partial charge on any atom is -0.478 e. The molecule has 0 saturated heterocycles. The van der Waals surface area contributed by atoms with E-state index >= 15 is 0 Å². The Morgan fingerprint density at radius 1 is 1.20 bits per heavy atom. The molecule has 4 heteroatoms. The van der Waals surface area contributed by atoms with Gasteiger partial charge in [-0.15, -0.1) is 0 Å². The number of carboxylic acids is 1. The third kappa shape index (κ3) is 2.16. The van der Waals surface area contributed by atoms with Gasteiger partial charge in [0.2, 0.25) is 5.89 Å². The first-order valence-corrected chi connectivity index (χ1v) is 6.40. The number of carbonyl (C=O) groups is 1. The lowest BCUT2D eigenvalue weighted by atomic mass is 10.1. The molecular weight excluding hydrogens is 254 g/mol. The van der Waals surface area contributed by atoms with Crippen molar-refractivity contribution in [2.24, 2.45) is 0 Å². The number of fused-ring (bicyclic) bond motifs is 1. The number of hydrogen-bond donors (Lipinski definition) is 1. The van der Waals surface area contributed by atoms with Crippen molar-refractivity contribution in [2.45, 2.75) is 13.3 Å². The summed E-state index contributed by atoms with van der Waals surface area (Å²) in [4.78, 5) is 15.3. The topological polar surface area (TPSA) is 63.3 Å². The SMILES string of the molecule is CCc1ccc2oc(-c3ccc(C(=O)O)cc3)nc2c1. The maximum Gasteiger partial charge on any atom is 0.335 e. The Bertz CT molecular complexity index is 772. The Labute approximate surface area is 115 Å². The number of oxazole rings is 1. The van der Waals surface area contributed by atoms with Crippen LogP contribution in [0.25, 0.3) is 22.6 Å². The zero-order valence-corrected chi connectivity index (χ0v) is 11.0. The lowest BCUT2D eigenvalue weighted by molar-refractivity contribution is 0.0697. The molecule has 0 radical (unpaired) electrons. The van der Waals surface area contributed by atoms with Crippen LogP contribution in [-0.2, 0) is 6.42 Å². The van der Waals surface area contributed by atoms with E-state index in [1.54, 1.807) is 24.3 Å². The van der Waals surface area contributed by atoms with Crippen LogP contribution in [0.2, 0.25) is 0 Å². The summed E-state index contributed by atoms with van der Waals surface area (Å²) in [5, 5.41) is 8.88. The van der Waals surface area contributed by atoms with Crippen LogP contribution >= 0.6 is 0 Å². The molecule has 1 heterocycles. The first-order valence-electron chi connectivity index (χ1n) is 6.40. The van der Waals surface area contributed by atoms with Crippen LogP contribution < -0.4 is 0 Å². The predicted molar refractivity (Wildman–Crippen MR) is 75.8 cm³/mol. The van der Waals surface area contributed by atoms with Crippen molar-refractivity contribution in [3.05, 3.63) is 53.6 Å². The second kappa shape index (κ2) is 4.81. The maximum atomic E-state index is 10.8. The zero-order chi connectivity index (χ0) is 14.1. The molecule has 0 amide bonds. The van der Waals surface area contributed by atoms with Crippen LogP contribution in [0.15, 0.2) is 46.9 Å². The van der Waals surface area contributed by atoms with Crippen molar-refractivity contribution >= 4 is 17.1 Å². The third-order valence-electron chi connectivity index (χ3n) is 3.24. The molecule has 100 valence electrons. The van der Waals surface area contributed by atoms with Gasteiger partial charge in [-0.05, 0) is 48.4 Å². The summed E-state index contributed by atoms with van der Waals surface area (Å²) in [7, 11) is 0. The minimum atomic E-state index is -0.943. The number of aromatic nitrogens is 1. The molecule has 4 nitrogen and oxygen atoms in total. The van der Waals surface area contributed by atoms with Gasteiger partial charge in [0.25, 0.3) is 0 Å². The normalized spacial score (nSPS) is 10.8. The smallest absolute Gasteiger partial charge is 0.335 e. The fraction of sp³-hybridized carbons (Fsp3) is 0.125. The molecule has 0 saturated carbocycles. The van der Waals surface area contributed by atoms with Gasteiger partial charge in [-0.3, -0.25) is 0 Å². The standard InChI is InChI=1S/C16H13NO3/c1-2-10-3-8-14-13(9-10)17-15(20-14)11-4-6-12(7-5-11)16(18)19/h3-9H,2H2,1H3,(H,18,19). The summed E-state index contributed by atoms with van der Waals surface area (Å²) in [6.45, 7) is 2.09. The maximum absolute atomic E-state index is 10.8. The van der Waals surface area contributed by atoms with Gasteiger partial charge in [-0.1, -0.05) is 13.0 Å². The molecule has 1 N–H and O–H groups in total. The molecule has 1 aromatic heterocycles. The lowest BCUT2D eigenvalue weighted by Gasteiger charge is -1.96. The van der Waals surface area contributed by atoms with E-state index in [0.29, 0.717) is 5.89 Å². The number of aromatic carboxylic acids is 1. The number of nitrogens with zero attached hydrogens (tertiary/aromatic N) is 1. The average molecular weight is 267 g/mol. The molecule has 0 aliphatic rings. The Hall–Kier alpha value is -2.62. The van der Waals surface area contributed by atoms with Crippen molar-refractivity contribution in [1.29, 1.82) is 0 Å². The molecule has 3 aromatic rings. The molecule has 20 heavy (non-hydrogen) atoms. The van der Waals surface area contributed by atoms with Crippen LogP contribution in [0.1, 0.15) is 22.8 Å². The highest BCUT2D eigenvalue weighted by atomic mass is 16.4.